The maximum Gasteiger partial charge on any atom is 0.228 e. The number of aliphatic imine (C=N–C) groups is 1. The number of hydrogen-bond acceptors (Lipinski definition) is 8. The SMILES string of the molecule is CN=C(C)/C(Cc1nnc2cc(-c3ccnc(Nc4ccnn4C)n3)ccn12)=C(/C)NC1CC1. The molecule has 174 valence electrons. The van der Waals surface area contributed by atoms with Crippen LogP contribution in [0.15, 0.2) is 59.1 Å². The zero-order chi connectivity index (χ0) is 23.7. The molecular weight excluding hydrogens is 428 g/mol. The van der Waals surface area contributed by atoms with E-state index < -0.39 is 0 Å². The fourth-order valence-corrected chi connectivity index (χ4v) is 3.86. The van der Waals surface area contributed by atoms with Crippen molar-refractivity contribution in [3.8, 4) is 11.3 Å². The number of pyridine rings is 1. The maximum absolute atomic E-state index is 4.66. The molecule has 4 aromatic heterocycles. The van der Waals surface area contributed by atoms with Gasteiger partial charge in [0, 0.05) is 62.0 Å². The number of anilines is 2. The topological polar surface area (TPSA) is 110 Å². The average molecular weight is 457 g/mol. The molecule has 1 fully saturated rings. The van der Waals surface area contributed by atoms with Gasteiger partial charge in [-0.2, -0.15) is 5.10 Å². The highest BCUT2D eigenvalue weighted by Gasteiger charge is 2.22. The van der Waals surface area contributed by atoms with Crippen molar-refractivity contribution in [2.75, 3.05) is 12.4 Å². The number of nitrogens with one attached hydrogen (secondary N) is 2. The van der Waals surface area contributed by atoms with Crippen molar-refractivity contribution < 1.29 is 0 Å². The molecule has 34 heavy (non-hydrogen) atoms. The second-order valence-electron chi connectivity index (χ2n) is 8.50. The van der Waals surface area contributed by atoms with Crippen LogP contribution in [0.1, 0.15) is 32.5 Å². The van der Waals surface area contributed by atoms with Crippen molar-refractivity contribution in [2.24, 2.45) is 12.0 Å². The van der Waals surface area contributed by atoms with E-state index in [9.17, 15) is 0 Å². The van der Waals surface area contributed by atoms with Crippen LogP contribution in [0.5, 0.6) is 0 Å². The molecule has 0 aromatic carbocycles. The zero-order valence-electron chi connectivity index (χ0n) is 19.8. The van der Waals surface area contributed by atoms with Crippen LogP contribution in [0.4, 0.5) is 11.8 Å². The lowest BCUT2D eigenvalue weighted by molar-refractivity contribution is 0.775. The lowest BCUT2D eigenvalue weighted by atomic mass is 10.1. The van der Waals surface area contributed by atoms with Gasteiger partial charge in [0.05, 0.1) is 11.9 Å². The molecule has 10 nitrogen and oxygen atoms in total. The molecule has 0 bridgehead atoms. The minimum atomic E-state index is 0.505. The molecule has 0 radical (unpaired) electrons. The van der Waals surface area contributed by atoms with Crippen molar-refractivity contribution in [3.05, 3.63) is 60.0 Å². The molecule has 0 unspecified atom stereocenters. The maximum atomic E-state index is 4.66. The van der Waals surface area contributed by atoms with Crippen LogP contribution >= 0.6 is 0 Å². The van der Waals surface area contributed by atoms with Gasteiger partial charge in [0.1, 0.15) is 11.6 Å². The Kier molecular flexibility index (Phi) is 5.79. The first-order valence-electron chi connectivity index (χ1n) is 11.3. The molecule has 4 heterocycles. The van der Waals surface area contributed by atoms with E-state index in [2.05, 4.69) is 47.8 Å². The molecule has 1 saturated carbocycles. The Balaban J connectivity index is 1.42. The van der Waals surface area contributed by atoms with E-state index >= 15 is 0 Å². The number of nitrogens with zero attached hydrogens (tertiary/aromatic N) is 8. The Labute approximate surface area is 197 Å². The smallest absolute Gasteiger partial charge is 0.228 e. The summed E-state index contributed by atoms with van der Waals surface area (Å²) >= 11 is 0. The second kappa shape index (κ2) is 9.05. The number of aromatic nitrogens is 7. The van der Waals surface area contributed by atoms with Crippen molar-refractivity contribution in [1.29, 1.82) is 0 Å². The number of fused-ring (bicyclic) bond motifs is 1. The van der Waals surface area contributed by atoms with Gasteiger partial charge in [-0.15, -0.1) is 10.2 Å². The summed E-state index contributed by atoms with van der Waals surface area (Å²) in [5.41, 5.74) is 5.84. The van der Waals surface area contributed by atoms with Gasteiger partial charge in [-0.1, -0.05) is 0 Å². The third-order valence-corrected chi connectivity index (χ3v) is 6.05. The Morgan fingerprint density at radius 3 is 2.74 bits per heavy atom. The summed E-state index contributed by atoms with van der Waals surface area (Å²) in [5.74, 6) is 2.19. The summed E-state index contributed by atoms with van der Waals surface area (Å²) in [7, 11) is 3.69. The minimum absolute atomic E-state index is 0.505. The number of hydrogen-bond donors (Lipinski definition) is 2. The highest BCUT2D eigenvalue weighted by atomic mass is 15.3. The first kappa shape index (κ1) is 21.7. The zero-order valence-corrected chi connectivity index (χ0v) is 19.8. The van der Waals surface area contributed by atoms with Gasteiger partial charge >= 0.3 is 0 Å². The van der Waals surface area contributed by atoms with E-state index in [0.29, 0.717) is 18.4 Å². The van der Waals surface area contributed by atoms with E-state index in [4.69, 9.17) is 0 Å². The normalized spacial score (nSPS) is 14.9. The molecular formula is C24H28N10. The molecule has 0 saturated heterocycles. The highest BCUT2D eigenvalue weighted by molar-refractivity contribution is 5.99. The summed E-state index contributed by atoms with van der Waals surface area (Å²) in [4.78, 5) is 13.4. The van der Waals surface area contributed by atoms with Gasteiger partial charge < -0.3 is 10.6 Å². The molecule has 0 spiro atoms. The number of aryl methyl sites for hydroxylation is 1. The van der Waals surface area contributed by atoms with Crippen molar-refractivity contribution in [1.82, 2.24) is 39.7 Å². The van der Waals surface area contributed by atoms with Crippen LogP contribution in [0.2, 0.25) is 0 Å². The molecule has 10 heteroatoms. The van der Waals surface area contributed by atoms with Gasteiger partial charge in [-0.25, -0.2) is 9.97 Å². The van der Waals surface area contributed by atoms with Crippen molar-refractivity contribution in [2.45, 2.75) is 39.2 Å². The summed E-state index contributed by atoms with van der Waals surface area (Å²) in [6.45, 7) is 4.16. The largest absolute Gasteiger partial charge is 0.386 e. The summed E-state index contributed by atoms with van der Waals surface area (Å²) in [6.07, 6.45) is 8.57. The first-order valence-corrected chi connectivity index (χ1v) is 11.3. The van der Waals surface area contributed by atoms with E-state index in [-0.39, 0.29) is 0 Å². The third kappa shape index (κ3) is 4.52. The molecule has 2 N–H and O–H groups in total. The van der Waals surface area contributed by atoms with Gasteiger partial charge in [0.15, 0.2) is 5.65 Å². The Bertz CT molecular complexity index is 1390. The van der Waals surface area contributed by atoms with Gasteiger partial charge in [0.2, 0.25) is 5.95 Å². The van der Waals surface area contributed by atoms with Crippen molar-refractivity contribution >= 4 is 23.1 Å². The summed E-state index contributed by atoms with van der Waals surface area (Å²) in [5, 5.41) is 19.9. The molecule has 1 aliphatic rings. The Morgan fingerprint density at radius 1 is 1.15 bits per heavy atom. The predicted molar refractivity (Wildman–Crippen MR) is 132 cm³/mol. The lowest BCUT2D eigenvalue weighted by Crippen LogP contribution is -2.19. The standard InChI is InChI=1S/C24H28N10/c1-15(25-3)19(16(2)28-18-5-6-18)14-23-32-31-22-13-17(9-12-34(22)23)20-7-10-26-24(29-20)30-21-8-11-27-33(21)4/h7-13,18,28H,5-6,14H2,1-4H3,(H,26,29,30)/b19-16-,25-15?. The van der Waals surface area contributed by atoms with E-state index in [1.165, 1.54) is 12.8 Å². The quantitative estimate of drug-likeness (QED) is 0.391. The van der Waals surface area contributed by atoms with Gasteiger partial charge in [-0.05, 0) is 50.5 Å². The second-order valence-corrected chi connectivity index (χ2v) is 8.50. The number of rotatable bonds is 8. The molecule has 1 aliphatic carbocycles. The van der Waals surface area contributed by atoms with Crippen LogP contribution in [0.25, 0.3) is 16.9 Å². The van der Waals surface area contributed by atoms with E-state index in [0.717, 1.165) is 45.5 Å². The molecule has 5 rings (SSSR count). The van der Waals surface area contributed by atoms with Crippen LogP contribution in [-0.2, 0) is 13.5 Å². The summed E-state index contributed by atoms with van der Waals surface area (Å²) < 4.78 is 3.75. The van der Waals surface area contributed by atoms with Crippen LogP contribution < -0.4 is 10.6 Å². The van der Waals surface area contributed by atoms with E-state index in [1.807, 2.05) is 55.9 Å². The van der Waals surface area contributed by atoms with Crippen molar-refractivity contribution in [3.63, 3.8) is 0 Å². The molecule has 4 aromatic rings. The third-order valence-electron chi connectivity index (χ3n) is 6.05. The fraction of sp³-hybridized carbons (Fsp3) is 0.333. The summed E-state index contributed by atoms with van der Waals surface area (Å²) in [6, 6.07) is 8.35. The Hall–Kier alpha value is -4.08. The first-order chi connectivity index (χ1) is 16.5. The predicted octanol–water partition coefficient (Wildman–Crippen LogP) is 3.32. The monoisotopic (exact) mass is 456 g/mol. The van der Waals surface area contributed by atoms with Crippen LogP contribution in [-0.4, -0.2) is 53.1 Å². The average Bonchev–Trinajstić information content (AvgIpc) is 3.44. The van der Waals surface area contributed by atoms with Gasteiger partial charge in [-0.3, -0.25) is 14.1 Å². The molecule has 0 aliphatic heterocycles. The van der Waals surface area contributed by atoms with Gasteiger partial charge in [0.25, 0.3) is 0 Å². The van der Waals surface area contributed by atoms with Crippen LogP contribution in [0, 0.1) is 0 Å². The lowest BCUT2D eigenvalue weighted by Gasteiger charge is -2.13. The molecule has 0 amide bonds. The minimum Gasteiger partial charge on any atom is -0.386 e. The van der Waals surface area contributed by atoms with Crippen LogP contribution in [0.3, 0.4) is 0 Å². The number of allylic oxidation sites excluding steroid dienone is 2. The molecule has 0 atom stereocenters. The fourth-order valence-electron chi connectivity index (χ4n) is 3.86. The van der Waals surface area contributed by atoms with E-state index in [1.54, 1.807) is 17.1 Å². The highest BCUT2D eigenvalue weighted by Crippen LogP contribution is 2.24. The Morgan fingerprint density at radius 2 is 2.00 bits per heavy atom.